The molecule has 2 aliphatic carbocycles. The fraction of sp³-hybridized carbons (Fsp3) is 0.931. The van der Waals surface area contributed by atoms with Crippen molar-refractivity contribution in [1.82, 2.24) is 10.2 Å². The first kappa shape index (κ1) is 30.1. The molecular weight excluding hydrogens is 440 g/mol. The highest BCUT2D eigenvalue weighted by Crippen LogP contribution is 2.33. The maximum absolute atomic E-state index is 13.2. The highest BCUT2D eigenvalue weighted by molar-refractivity contribution is 5.81. The quantitative estimate of drug-likeness (QED) is 0.310. The molecule has 35 heavy (non-hydrogen) atoms. The van der Waals surface area contributed by atoms with Crippen LogP contribution in [0.4, 0.5) is 0 Å². The van der Waals surface area contributed by atoms with Gasteiger partial charge in [0.05, 0.1) is 17.6 Å². The van der Waals surface area contributed by atoms with Gasteiger partial charge >= 0.3 is 0 Å². The molecule has 6 nitrogen and oxygen atoms in total. The largest absolute Gasteiger partial charge is 0.390 e. The van der Waals surface area contributed by atoms with Crippen LogP contribution in [-0.2, 0) is 9.59 Å². The van der Waals surface area contributed by atoms with Gasteiger partial charge in [-0.15, -0.1) is 0 Å². The second-order valence-electron chi connectivity index (χ2n) is 12.0. The zero-order valence-electron chi connectivity index (χ0n) is 23.1. The van der Waals surface area contributed by atoms with E-state index in [9.17, 15) is 19.8 Å². The van der Waals surface area contributed by atoms with E-state index in [1.54, 1.807) is 11.9 Å². The van der Waals surface area contributed by atoms with E-state index in [-0.39, 0.29) is 17.7 Å². The Kier molecular flexibility index (Phi) is 13.1. The summed E-state index contributed by atoms with van der Waals surface area (Å²) >= 11 is 0. The average molecular weight is 495 g/mol. The van der Waals surface area contributed by atoms with E-state index in [1.807, 2.05) is 20.8 Å². The average Bonchev–Trinajstić information content (AvgIpc) is 2.84. The second-order valence-corrected chi connectivity index (χ2v) is 12.0. The minimum atomic E-state index is -1.01. The Morgan fingerprint density at radius 3 is 2.14 bits per heavy atom. The first-order chi connectivity index (χ1) is 16.7. The van der Waals surface area contributed by atoms with Crippen molar-refractivity contribution in [2.45, 2.75) is 141 Å². The lowest BCUT2D eigenvalue weighted by Crippen LogP contribution is -2.60. The van der Waals surface area contributed by atoms with Gasteiger partial charge in [0, 0.05) is 20.0 Å². The normalized spacial score (nSPS) is 22.1. The highest BCUT2D eigenvalue weighted by Gasteiger charge is 2.41. The number of carbonyl (C=O) groups is 2. The molecule has 2 rings (SSSR count). The van der Waals surface area contributed by atoms with Crippen LogP contribution in [0.5, 0.6) is 0 Å². The molecule has 2 saturated carbocycles. The third kappa shape index (κ3) is 10.0. The van der Waals surface area contributed by atoms with Crippen LogP contribution >= 0.6 is 0 Å². The van der Waals surface area contributed by atoms with Crippen molar-refractivity contribution < 1.29 is 19.8 Å². The number of carbonyl (C=O) groups excluding carboxylic acids is 2. The van der Waals surface area contributed by atoms with Crippen LogP contribution in [0.15, 0.2) is 0 Å². The number of aliphatic hydroxyl groups is 2. The third-order valence-electron chi connectivity index (χ3n) is 8.60. The predicted octanol–water partition coefficient (Wildman–Crippen LogP) is 5.20. The van der Waals surface area contributed by atoms with Crippen molar-refractivity contribution in [2.75, 3.05) is 13.6 Å². The van der Waals surface area contributed by atoms with Crippen LogP contribution in [-0.4, -0.2) is 58.3 Å². The van der Waals surface area contributed by atoms with Crippen LogP contribution in [0.1, 0.15) is 124 Å². The van der Waals surface area contributed by atoms with Gasteiger partial charge in [-0.05, 0) is 44.4 Å². The molecule has 0 unspecified atom stereocenters. The van der Waals surface area contributed by atoms with E-state index in [0.717, 1.165) is 38.0 Å². The topological polar surface area (TPSA) is 89.9 Å². The Labute approximate surface area is 214 Å². The summed E-state index contributed by atoms with van der Waals surface area (Å²) in [6, 6.07) is 0. The summed E-state index contributed by atoms with van der Waals surface area (Å²) in [5.74, 6) is 0.782. The van der Waals surface area contributed by atoms with Gasteiger partial charge in [-0.25, -0.2) is 0 Å². The van der Waals surface area contributed by atoms with Crippen LogP contribution in [0.25, 0.3) is 0 Å². The van der Waals surface area contributed by atoms with Crippen molar-refractivity contribution in [1.29, 1.82) is 0 Å². The van der Waals surface area contributed by atoms with Gasteiger partial charge in [0.2, 0.25) is 11.8 Å². The number of nitrogens with zero attached hydrogens (tertiary/aromatic N) is 1. The maximum Gasteiger partial charge on any atom is 0.225 e. The summed E-state index contributed by atoms with van der Waals surface area (Å²) < 4.78 is 0. The van der Waals surface area contributed by atoms with Crippen molar-refractivity contribution in [3.05, 3.63) is 0 Å². The molecule has 2 aliphatic rings. The molecule has 0 bridgehead atoms. The maximum atomic E-state index is 13.2. The third-order valence-corrected chi connectivity index (χ3v) is 8.60. The molecule has 0 heterocycles. The van der Waals surface area contributed by atoms with Gasteiger partial charge < -0.3 is 20.4 Å². The summed E-state index contributed by atoms with van der Waals surface area (Å²) in [5, 5.41) is 24.8. The zero-order valence-corrected chi connectivity index (χ0v) is 23.1. The molecule has 2 amide bonds. The Morgan fingerprint density at radius 1 is 1.00 bits per heavy atom. The molecule has 0 spiro atoms. The monoisotopic (exact) mass is 494 g/mol. The van der Waals surface area contributed by atoms with Gasteiger partial charge in [0.15, 0.2) is 0 Å². The lowest BCUT2D eigenvalue weighted by molar-refractivity contribution is -0.134. The molecule has 0 radical (unpaired) electrons. The summed E-state index contributed by atoms with van der Waals surface area (Å²) in [7, 11) is 1.79. The molecule has 2 fully saturated rings. The van der Waals surface area contributed by atoms with Crippen molar-refractivity contribution in [3.63, 3.8) is 0 Å². The molecule has 0 saturated heterocycles. The van der Waals surface area contributed by atoms with Gasteiger partial charge in [-0.1, -0.05) is 84.5 Å². The van der Waals surface area contributed by atoms with Crippen LogP contribution < -0.4 is 5.32 Å². The zero-order chi connectivity index (χ0) is 25.8. The van der Waals surface area contributed by atoms with E-state index in [1.165, 1.54) is 51.4 Å². The molecule has 0 aromatic heterocycles. The summed E-state index contributed by atoms with van der Waals surface area (Å²) in [4.78, 5) is 27.6. The molecule has 3 N–H and O–H groups in total. The number of amides is 2. The van der Waals surface area contributed by atoms with Crippen LogP contribution in [0, 0.1) is 17.8 Å². The molecule has 0 aromatic rings. The first-order valence-corrected chi connectivity index (χ1v) is 14.6. The number of nitrogens with one attached hydrogen (secondary N) is 1. The minimum Gasteiger partial charge on any atom is -0.390 e. The van der Waals surface area contributed by atoms with Crippen LogP contribution in [0.2, 0.25) is 0 Å². The number of hydrogen-bond acceptors (Lipinski definition) is 4. The standard InChI is InChI=1S/C29H54N2O4/c1-5-13-25(32)27(34)29(3,20-24-16-10-7-11-17-24)30-28(35)22(2)21-31(4)26(33)19-12-18-23-14-8-6-9-15-23/h22-25,27,32,34H,5-21H2,1-4H3,(H,30,35)/t22-,25-,27-,29-/m0/s1. The summed E-state index contributed by atoms with van der Waals surface area (Å²) in [5.41, 5.74) is -0.884. The Balaban J connectivity index is 1.89. The molecule has 0 aliphatic heterocycles. The Bertz CT molecular complexity index is 630. The number of hydrogen-bond donors (Lipinski definition) is 3. The van der Waals surface area contributed by atoms with E-state index in [0.29, 0.717) is 31.7 Å². The van der Waals surface area contributed by atoms with E-state index < -0.39 is 17.7 Å². The fourth-order valence-electron chi connectivity index (χ4n) is 6.32. The Hall–Kier alpha value is -1.14. The Morgan fingerprint density at radius 2 is 1.57 bits per heavy atom. The van der Waals surface area contributed by atoms with E-state index >= 15 is 0 Å². The lowest BCUT2D eigenvalue weighted by Gasteiger charge is -2.41. The van der Waals surface area contributed by atoms with E-state index in [4.69, 9.17) is 0 Å². The van der Waals surface area contributed by atoms with Crippen molar-refractivity contribution >= 4 is 11.8 Å². The predicted molar refractivity (Wildman–Crippen MR) is 142 cm³/mol. The van der Waals surface area contributed by atoms with Gasteiger partial charge in [-0.2, -0.15) is 0 Å². The SMILES string of the molecule is CCC[C@H](O)[C@H](O)[C@](C)(CC1CCCCC1)NC(=O)[C@@H](C)CN(C)C(=O)CCCC1CCCCC1. The minimum absolute atomic E-state index is 0.101. The van der Waals surface area contributed by atoms with Crippen LogP contribution in [0.3, 0.4) is 0 Å². The highest BCUT2D eigenvalue weighted by atomic mass is 16.3. The molecular formula is C29H54N2O4. The van der Waals surface area contributed by atoms with Gasteiger partial charge in [0.25, 0.3) is 0 Å². The molecule has 6 heteroatoms. The summed E-state index contributed by atoms with van der Waals surface area (Å²) in [6.07, 6.45) is 15.1. The lowest BCUT2D eigenvalue weighted by atomic mass is 9.76. The van der Waals surface area contributed by atoms with Gasteiger partial charge in [-0.3, -0.25) is 9.59 Å². The van der Waals surface area contributed by atoms with Crippen molar-refractivity contribution in [3.8, 4) is 0 Å². The smallest absolute Gasteiger partial charge is 0.225 e. The number of rotatable bonds is 14. The molecule has 4 atom stereocenters. The molecule has 204 valence electrons. The fourth-order valence-corrected chi connectivity index (χ4v) is 6.32. The first-order valence-electron chi connectivity index (χ1n) is 14.6. The van der Waals surface area contributed by atoms with Gasteiger partial charge in [0.1, 0.15) is 6.10 Å². The van der Waals surface area contributed by atoms with Crippen molar-refractivity contribution in [2.24, 2.45) is 17.8 Å². The number of aliphatic hydroxyl groups excluding tert-OH is 2. The summed E-state index contributed by atoms with van der Waals surface area (Å²) in [6.45, 7) is 6.07. The molecule has 0 aromatic carbocycles. The second kappa shape index (κ2) is 15.2. The van der Waals surface area contributed by atoms with E-state index in [2.05, 4.69) is 5.32 Å².